The maximum Gasteiger partial charge on any atom is 0.308 e. The Morgan fingerprint density at radius 2 is 2.22 bits per heavy atom. The number of halogens is 1. The summed E-state index contributed by atoms with van der Waals surface area (Å²) in [6.07, 6.45) is 1.26. The van der Waals surface area contributed by atoms with Crippen LogP contribution >= 0.6 is 0 Å². The number of carboxylic acid groups (broad SMARTS) is 1. The summed E-state index contributed by atoms with van der Waals surface area (Å²) in [7, 11) is 0. The van der Waals surface area contributed by atoms with E-state index >= 15 is 0 Å². The van der Waals surface area contributed by atoms with E-state index in [0.29, 0.717) is 6.54 Å². The number of likely N-dealkylation sites (tertiary alicyclic amines) is 1. The van der Waals surface area contributed by atoms with Crippen molar-refractivity contribution in [1.29, 1.82) is 0 Å². The second-order valence-electron chi connectivity index (χ2n) is 4.47. The molecular weight excluding hydrogens is 239 g/mol. The fourth-order valence-electron chi connectivity index (χ4n) is 2.17. The quantitative estimate of drug-likeness (QED) is 0.797. The number of aliphatic carboxylic acids is 1. The largest absolute Gasteiger partial charge is 0.481 e. The lowest BCUT2D eigenvalue weighted by molar-refractivity contribution is -0.142. The molecule has 0 aromatic carbocycles. The van der Waals surface area contributed by atoms with E-state index in [1.807, 2.05) is 0 Å². The number of carbonyl (C=O) groups is 2. The predicted molar refractivity (Wildman–Crippen MR) is 60.4 cm³/mol. The lowest BCUT2D eigenvalue weighted by Crippen LogP contribution is -2.30. The number of aromatic nitrogens is 1. The number of hydrogen-bond donors (Lipinski definition) is 1. The van der Waals surface area contributed by atoms with E-state index in [-0.39, 0.29) is 18.0 Å². The van der Waals surface area contributed by atoms with E-state index in [1.165, 1.54) is 23.2 Å². The third kappa shape index (κ3) is 2.18. The van der Waals surface area contributed by atoms with Crippen molar-refractivity contribution >= 4 is 11.9 Å². The van der Waals surface area contributed by atoms with E-state index in [0.717, 1.165) is 0 Å². The molecule has 5 nitrogen and oxygen atoms in total. The molecule has 1 fully saturated rings. The third-order valence-corrected chi connectivity index (χ3v) is 3.21. The summed E-state index contributed by atoms with van der Waals surface area (Å²) in [5, 5.41) is 8.98. The Labute approximate surface area is 103 Å². The van der Waals surface area contributed by atoms with Gasteiger partial charge in [0, 0.05) is 19.3 Å². The van der Waals surface area contributed by atoms with Gasteiger partial charge in [-0.25, -0.2) is 4.98 Å². The molecule has 1 aromatic heterocycles. The second-order valence-corrected chi connectivity index (χ2v) is 4.47. The monoisotopic (exact) mass is 252 g/mol. The molecule has 1 aromatic rings. The molecule has 0 saturated carbocycles. The molecule has 2 atom stereocenters. The lowest BCUT2D eigenvalue weighted by atomic mass is 9.99. The van der Waals surface area contributed by atoms with Crippen molar-refractivity contribution in [1.82, 2.24) is 9.88 Å². The first-order valence-corrected chi connectivity index (χ1v) is 5.63. The van der Waals surface area contributed by atoms with Crippen LogP contribution in [0.5, 0.6) is 0 Å². The molecule has 96 valence electrons. The van der Waals surface area contributed by atoms with Crippen LogP contribution in [0.25, 0.3) is 0 Å². The Morgan fingerprint density at radius 3 is 2.78 bits per heavy atom. The fraction of sp³-hybridized carbons (Fsp3) is 0.417. The maximum atomic E-state index is 13.4. The molecule has 0 aliphatic carbocycles. The molecule has 1 saturated heterocycles. The summed E-state index contributed by atoms with van der Waals surface area (Å²) in [6.45, 7) is 2.21. The van der Waals surface area contributed by atoms with Gasteiger partial charge in [-0.2, -0.15) is 4.39 Å². The molecule has 1 N–H and O–H groups in total. The Kier molecular flexibility index (Phi) is 3.27. The minimum absolute atomic E-state index is 0.115. The van der Waals surface area contributed by atoms with Crippen molar-refractivity contribution in [3.63, 3.8) is 0 Å². The summed E-state index contributed by atoms with van der Waals surface area (Å²) >= 11 is 0. The molecule has 6 heteroatoms. The highest BCUT2D eigenvalue weighted by atomic mass is 19.1. The highest BCUT2D eigenvalue weighted by molar-refractivity contribution is 5.94. The first-order valence-electron chi connectivity index (χ1n) is 5.63. The van der Waals surface area contributed by atoms with E-state index < -0.39 is 23.7 Å². The highest BCUT2D eigenvalue weighted by Crippen LogP contribution is 2.24. The predicted octanol–water partition coefficient (Wildman–Crippen LogP) is 1.01. The number of pyridine rings is 1. The van der Waals surface area contributed by atoms with E-state index in [9.17, 15) is 14.0 Å². The first-order chi connectivity index (χ1) is 8.50. The van der Waals surface area contributed by atoms with Gasteiger partial charge in [0.1, 0.15) is 0 Å². The summed E-state index contributed by atoms with van der Waals surface area (Å²) in [5.41, 5.74) is -0.115. The standard InChI is InChI=1S/C12H13FN2O3/c1-7-5-15(6-9(7)12(17)18)11(16)8-3-2-4-14-10(8)13/h2-4,7,9H,5-6H2,1H3,(H,17,18). The molecule has 1 aliphatic heterocycles. The fourth-order valence-corrected chi connectivity index (χ4v) is 2.17. The smallest absolute Gasteiger partial charge is 0.308 e. The number of amides is 1. The summed E-state index contributed by atoms with van der Waals surface area (Å²) in [4.78, 5) is 27.8. The van der Waals surface area contributed by atoms with Gasteiger partial charge >= 0.3 is 5.97 Å². The van der Waals surface area contributed by atoms with Crippen molar-refractivity contribution in [3.8, 4) is 0 Å². The molecule has 0 spiro atoms. The average Bonchev–Trinajstić information content (AvgIpc) is 2.71. The van der Waals surface area contributed by atoms with Crippen LogP contribution in [-0.2, 0) is 4.79 Å². The van der Waals surface area contributed by atoms with Gasteiger partial charge in [-0.05, 0) is 18.1 Å². The molecule has 18 heavy (non-hydrogen) atoms. The normalized spacial score (nSPS) is 23.1. The van der Waals surface area contributed by atoms with Crippen LogP contribution in [0.1, 0.15) is 17.3 Å². The van der Waals surface area contributed by atoms with E-state index in [1.54, 1.807) is 6.92 Å². The van der Waals surface area contributed by atoms with Gasteiger partial charge in [-0.15, -0.1) is 0 Å². The van der Waals surface area contributed by atoms with E-state index in [2.05, 4.69) is 4.98 Å². The van der Waals surface area contributed by atoms with Crippen LogP contribution in [0.3, 0.4) is 0 Å². The van der Waals surface area contributed by atoms with Crippen molar-refractivity contribution < 1.29 is 19.1 Å². The molecule has 2 rings (SSSR count). The SMILES string of the molecule is CC1CN(C(=O)c2cccnc2F)CC1C(=O)O. The van der Waals surface area contributed by atoms with Crippen molar-refractivity contribution in [2.45, 2.75) is 6.92 Å². The number of nitrogens with zero attached hydrogens (tertiary/aromatic N) is 2. The summed E-state index contributed by atoms with van der Waals surface area (Å²) in [5.74, 6) is -2.98. The molecule has 0 bridgehead atoms. The van der Waals surface area contributed by atoms with Crippen LogP contribution < -0.4 is 0 Å². The number of carboxylic acids is 1. The van der Waals surface area contributed by atoms with Gasteiger partial charge in [0.15, 0.2) is 0 Å². The Balaban J connectivity index is 2.17. The number of hydrogen-bond acceptors (Lipinski definition) is 3. The molecule has 0 radical (unpaired) electrons. The zero-order chi connectivity index (χ0) is 13.3. The van der Waals surface area contributed by atoms with Gasteiger partial charge < -0.3 is 10.0 Å². The van der Waals surface area contributed by atoms with Crippen LogP contribution in [-0.4, -0.2) is 40.0 Å². The average molecular weight is 252 g/mol. The van der Waals surface area contributed by atoms with Crippen molar-refractivity contribution in [3.05, 3.63) is 29.8 Å². The molecule has 2 heterocycles. The second kappa shape index (κ2) is 4.72. The Hall–Kier alpha value is -1.98. The van der Waals surface area contributed by atoms with Gasteiger partial charge in [0.2, 0.25) is 5.95 Å². The van der Waals surface area contributed by atoms with Crippen LogP contribution in [0.2, 0.25) is 0 Å². The van der Waals surface area contributed by atoms with Crippen LogP contribution in [0, 0.1) is 17.8 Å². The van der Waals surface area contributed by atoms with Crippen molar-refractivity contribution in [2.24, 2.45) is 11.8 Å². The Morgan fingerprint density at radius 1 is 1.50 bits per heavy atom. The first kappa shape index (κ1) is 12.5. The summed E-state index contributed by atoms with van der Waals surface area (Å²) < 4.78 is 13.4. The zero-order valence-corrected chi connectivity index (χ0v) is 9.84. The molecular formula is C12H13FN2O3. The molecule has 1 aliphatic rings. The van der Waals surface area contributed by atoms with Gasteiger partial charge in [-0.1, -0.05) is 6.92 Å². The van der Waals surface area contributed by atoms with Gasteiger partial charge in [-0.3, -0.25) is 9.59 Å². The van der Waals surface area contributed by atoms with Crippen molar-refractivity contribution in [2.75, 3.05) is 13.1 Å². The highest BCUT2D eigenvalue weighted by Gasteiger charge is 2.37. The minimum Gasteiger partial charge on any atom is -0.481 e. The zero-order valence-electron chi connectivity index (χ0n) is 9.84. The minimum atomic E-state index is -0.926. The van der Waals surface area contributed by atoms with E-state index in [4.69, 9.17) is 5.11 Å². The van der Waals surface area contributed by atoms with Crippen LogP contribution in [0.15, 0.2) is 18.3 Å². The van der Waals surface area contributed by atoms with Gasteiger partial charge in [0.25, 0.3) is 5.91 Å². The lowest BCUT2D eigenvalue weighted by Gasteiger charge is -2.15. The maximum absolute atomic E-state index is 13.4. The summed E-state index contributed by atoms with van der Waals surface area (Å²) in [6, 6.07) is 2.83. The molecule has 1 amide bonds. The third-order valence-electron chi connectivity index (χ3n) is 3.21. The van der Waals surface area contributed by atoms with Gasteiger partial charge in [0.05, 0.1) is 11.5 Å². The molecule has 2 unspecified atom stereocenters. The number of carbonyl (C=O) groups excluding carboxylic acids is 1. The Bertz CT molecular complexity index is 492. The van der Waals surface area contributed by atoms with Crippen LogP contribution in [0.4, 0.5) is 4.39 Å². The number of rotatable bonds is 2. The topological polar surface area (TPSA) is 70.5 Å².